The summed E-state index contributed by atoms with van der Waals surface area (Å²) >= 11 is 7.30. The molecule has 6 aromatic rings. The van der Waals surface area contributed by atoms with Crippen molar-refractivity contribution in [3.8, 4) is 11.1 Å². The van der Waals surface area contributed by atoms with Crippen LogP contribution in [0.1, 0.15) is 27.8 Å². The molecule has 178 valence electrons. The van der Waals surface area contributed by atoms with Crippen molar-refractivity contribution in [2.24, 2.45) is 0 Å². The van der Waals surface area contributed by atoms with Crippen molar-refractivity contribution in [2.75, 3.05) is 0 Å². The van der Waals surface area contributed by atoms with Crippen LogP contribution in [0.3, 0.4) is 0 Å². The first kappa shape index (κ1) is 22.7. The average molecular weight is 608 g/mol. The molecule has 4 heteroatoms. The van der Waals surface area contributed by atoms with Gasteiger partial charge in [-0.1, -0.05) is 105 Å². The second-order valence-electron chi connectivity index (χ2n) is 9.36. The molecule has 0 fully saturated rings. The van der Waals surface area contributed by atoms with Gasteiger partial charge in [0.2, 0.25) is 0 Å². The number of hydrogen-bond donors (Lipinski definition) is 1. The third-order valence-corrected chi connectivity index (χ3v) is 8.24. The molecule has 0 spiro atoms. The Balaban J connectivity index is 1.54. The fourth-order valence-corrected chi connectivity index (χ4v) is 6.26. The molecule has 0 amide bonds. The van der Waals surface area contributed by atoms with Gasteiger partial charge in [-0.25, -0.2) is 0 Å². The molecule has 0 atom stereocenters. The van der Waals surface area contributed by atoms with Crippen LogP contribution in [-0.2, 0) is 5.60 Å². The predicted octanol–water partition coefficient (Wildman–Crippen LogP) is 9.55. The quantitative estimate of drug-likeness (QED) is 0.213. The highest BCUT2D eigenvalue weighted by Gasteiger charge is 2.40. The van der Waals surface area contributed by atoms with E-state index in [1.807, 2.05) is 78.9 Å². The number of hydrogen-bond acceptors (Lipinski definition) is 2. The molecular weight excluding hydrogens is 588 g/mol. The second kappa shape index (κ2) is 8.56. The van der Waals surface area contributed by atoms with Gasteiger partial charge in [0.1, 0.15) is 16.8 Å². The van der Waals surface area contributed by atoms with Crippen molar-refractivity contribution < 1.29 is 9.52 Å². The lowest BCUT2D eigenvalue weighted by atomic mass is 9.75. The molecule has 1 aliphatic carbocycles. The minimum absolute atomic E-state index is 0.824. The fourth-order valence-electron chi connectivity index (χ4n) is 5.53. The number of benzene rings is 5. The Morgan fingerprint density at radius 1 is 0.568 bits per heavy atom. The molecular formula is C33H20Br2O2. The van der Waals surface area contributed by atoms with E-state index in [4.69, 9.17) is 4.42 Å². The van der Waals surface area contributed by atoms with Crippen LogP contribution < -0.4 is 0 Å². The van der Waals surface area contributed by atoms with E-state index < -0.39 is 5.60 Å². The first-order valence-corrected chi connectivity index (χ1v) is 13.6. The van der Waals surface area contributed by atoms with Crippen molar-refractivity contribution in [2.45, 2.75) is 5.60 Å². The summed E-state index contributed by atoms with van der Waals surface area (Å²) in [7, 11) is 0. The largest absolute Gasteiger partial charge is 0.456 e. The molecule has 1 aromatic heterocycles. The van der Waals surface area contributed by atoms with Crippen molar-refractivity contribution >= 4 is 66.0 Å². The highest BCUT2D eigenvalue weighted by atomic mass is 79.9. The zero-order valence-electron chi connectivity index (χ0n) is 19.6. The molecule has 0 bridgehead atoms. The van der Waals surface area contributed by atoms with E-state index in [1.54, 1.807) is 0 Å². The van der Waals surface area contributed by atoms with Crippen molar-refractivity contribution in [1.29, 1.82) is 0 Å². The topological polar surface area (TPSA) is 33.4 Å². The van der Waals surface area contributed by atoms with E-state index >= 15 is 0 Å². The van der Waals surface area contributed by atoms with Crippen molar-refractivity contribution in [3.63, 3.8) is 0 Å². The molecule has 7 rings (SSSR count). The third kappa shape index (κ3) is 3.55. The van der Waals surface area contributed by atoms with Crippen LogP contribution in [0, 0.1) is 0 Å². The van der Waals surface area contributed by atoms with Crippen LogP contribution in [0.5, 0.6) is 0 Å². The summed E-state index contributed by atoms with van der Waals surface area (Å²) in [6.45, 7) is 0. The van der Waals surface area contributed by atoms with E-state index in [1.165, 1.54) is 0 Å². The van der Waals surface area contributed by atoms with Gasteiger partial charge >= 0.3 is 0 Å². The van der Waals surface area contributed by atoms with Gasteiger partial charge in [0.05, 0.1) is 0 Å². The summed E-state index contributed by atoms with van der Waals surface area (Å²) in [5.74, 6) is 0. The molecule has 1 N–H and O–H groups in total. The molecule has 0 unspecified atom stereocenters. The summed E-state index contributed by atoms with van der Waals surface area (Å²) < 4.78 is 7.91. The van der Waals surface area contributed by atoms with Crippen molar-refractivity contribution in [3.05, 3.63) is 140 Å². The Hall–Kier alpha value is -3.44. The molecule has 0 saturated heterocycles. The van der Waals surface area contributed by atoms with Crippen LogP contribution in [-0.4, -0.2) is 5.11 Å². The minimum atomic E-state index is -1.40. The SMILES string of the molecule is OC1(c2ccccc2-c2ccc3oc4ccccc4c3c2)c2cc(Br)ccc2C=Cc2ccc(Br)cc21. The van der Waals surface area contributed by atoms with Gasteiger partial charge in [-0.3, -0.25) is 0 Å². The van der Waals surface area contributed by atoms with E-state index in [-0.39, 0.29) is 0 Å². The summed E-state index contributed by atoms with van der Waals surface area (Å²) in [4.78, 5) is 0. The van der Waals surface area contributed by atoms with Gasteiger partial charge in [0.15, 0.2) is 0 Å². The summed E-state index contributed by atoms with van der Waals surface area (Å²) in [5.41, 5.74) is 6.75. The second-order valence-corrected chi connectivity index (χ2v) is 11.2. The lowest BCUT2D eigenvalue weighted by molar-refractivity contribution is 0.126. The highest BCUT2D eigenvalue weighted by molar-refractivity contribution is 9.10. The summed E-state index contributed by atoms with van der Waals surface area (Å²) in [5, 5.41) is 15.1. The molecule has 1 heterocycles. The summed E-state index contributed by atoms with van der Waals surface area (Å²) in [6, 6.07) is 34.7. The predicted molar refractivity (Wildman–Crippen MR) is 158 cm³/mol. The van der Waals surface area contributed by atoms with Crippen LogP contribution in [0.4, 0.5) is 0 Å². The molecule has 1 aliphatic rings. The zero-order chi connectivity index (χ0) is 25.1. The van der Waals surface area contributed by atoms with Crippen LogP contribution in [0.2, 0.25) is 0 Å². The third-order valence-electron chi connectivity index (χ3n) is 7.26. The Kier molecular flexibility index (Phi) is 5.26. The molecule has 0 radical (unpaired) electrons. The monoisotopic (exact) mass is 606 g/mol. The maximum atomic E-state index is 13.0. The van der Waals surface area contributed by atoms with E-state index in [9.17, 15) is 5.11 Å². The Morgan fingerprint density at radius 2 is 1.19 bits per heavy atom. The average Bonchev–Trinajstić information content (AvgIpc) is 3.25. The number of furan rings is 1. The zero-order valence-corrected chi connectivity index (χ0v) is 22.8. The van der Waals surface area contributed by atoms with Gasteiger partial charge in [0, 0.05) is 36.4 Å². The Labute approximate surface area is 231 Å². The first-order chi connectivity index (χ1) is 18.0. The Bertz CT molecular complexity index is 1820. The molecule has 0 aliphatic heterocycles. The Morgan fingerprint density at radius 3 is 1.92 bits per heavy atom. The van der Waals surface area contributed by atoms with Gasteiger partial charge in [0.25, 0.3) is 0 Å². The number of rotatable bonds is 2. The number of halogens is 2. The van der Waals surface area contributed by atoms with Gasteiger partial charge in [-0.05, 0) is 64.7 Å². The fraction of sp³-hybridized carbons (Fsp3) is 0.0303. The van der Waals surface area contributed by atoms with E-state index in [0.717, 1.165) is 69.8 Å². The van der Waals surface area contributed by atoms with E-state index in [2.05, 4.69) is 68.3 Å². The van der Waals surface area contributed by atoms with Crippen LogP contribution in [0.15, 0.2) is 116 Å². The number of para-hydroxylation sites is 1. The van der Waals surface area contributed by atoms with Gasteiger partial charge < -0.3 is 9.52 Å². The van der Waals surface area contributed by atoms with Gasteiger partial charge in [-0.15, -0.1) is 0 Å². The number of fused-ring (bicyclic) bond motifs is 5. The highest BCUT2D eigenvalue weighted by Crippen LogP contribution is 2.47. The summed E-state index contributed by atoms with van der Waals surface area (Å²) in [6.07, 6.45) is 4.16. The minimum Gasteiger partial charge on any atom is -0.456 e. The van der Waals surface area contributed by atoms with Gasteiger partial charge in [-0.2, -0.15) is 0 Å². The standard InChI is InChI=1S/C33H20Br2O2/c34-23-14-11-20-9-10-21-12-15-24(35)19-30(21)33(36,29(20)18-23)28-7-3-1-5-25(28)22-13-16-32-27(17-22)26-6-2-4-8-31(26)37-32/h1-19,36H. The molecule has 0 saturated carbocycles. The normalized spacial score (nSPS) is 13.9. The molecule has 5 aromatic carbocycles. The van der Waals surface area contributed by atoms with E-state index in [0.29, 0.717) is 0 Å². The first-order valence-electron chi connectivity index (χ1n) is 12.0. The maximum Gasteiger partial charge on any atom is 0.142 e. The lowest BCUT2D eigenvalue weighted by Gasteiger charge is -2.34. The molecule has 37 heavy (non-hydrogen) atoms. The molecule has 2 nitrogen and oxygen atoms in total. The van der Waals surface area contributed by atoms with Crippen LogP contribution >= 0.6 is 31.9 Å². The smallest absolute Gasteiger partial charge is 0.142 e. The maximum absolute atomic E-state index is 13.0. The van der Waals surface area contributed by atoms with Crippen molar-refractivity contribution in [1.82, 2.24) is 0 Å². The number of aliphatic hydroxyl groups is 1. The van der Waals surface area contributed by atoms with Crippen LogP contribution in [0.25, 0.3) is 45.2 Å². The lowest BCUT2D eigenvalue weighted by Crippen LogP contribution is -2.31.